The van der Waals surface area contributed by atoms with E-state index in [0.717, 1.165) is 28.6 Å². The molecule has 1 aromatic heterocycles. The van der Waals surface area contributed by atoms with Crippen LogP contribution in [0.1, 0.15) is 44.3 Å². The highest BCUT2D eigenvalue weighted by Crippen LogP contribution is 2.26. The first kappa shape index (κ1) is 21.1. The van der Waals surface area contributed by atoms with Crippen LogP contribution in [0.25, 0.3) is 0 Å². The second-order valence-electron chi connectivity index (χ2n) is 7.41. The van der Waals surface area contributed by atoms with Gasteiger partial charge in [0.05, 0.1) is 5.69 Å². The van der Waals surface area contributed by atoms with Gasteiger partial charge in [0.15, 0.2) is 0 Å². The summed E-state index contributed by atoms with van der Waals surface area (Å²) in [4.78, 5) is 4.62. The molecule has 0 fully saturated rings. The van der Waals surface area contributed by atoms with Crippen molar-refractivity contribution in [2.75, 3.05) is 14.1 Å². The average molecular weight is 441 g/mol. The van der Waals surface area contributed by atoms with Crippen LogP contribution in [0.15, 0.2) is 34.9 Å². The minimum Gasteiger partial charge on any atom is -0.237 e. The van der Waals surface area contributed by atoms with Crippen molar-refractivity contribution in [1.29, 1.82) is 0 Å². The maximum Gasteiger partial charge on any atom is 0.308 e. The van der Waals surface area contributed by atoms with Gasteiger partial charge in [0.1, 0.15) is 5.82 Å². The minimum atomic E-state index is -3.61. The highest BCUT2D eigenvalue weighted by Gasteiger charge is 2.24. The predicted octanol–water partition coefficient (Wildman–Crippen LogP) is 4.07. The SMILES string of the molecule is CCC(C)(C)Cc1cn(S(=O)(=O)N(C)C)c([CH]Cc2ccc(Br)cc2)n1. The van der Waals surface area contributed by atoms with Crippen LogP contribution in [0.4, 0.5) is 0 Å². The summed E-state index contributed by atoms with van der Waals surface area (Å²) in [5.74, 6) is 0.462. The topological polar surface area (TPSA) is 55.2 Å². The van der Waals surface area contributed by atoms with E-state index in [4.69, 9.17) is 0 Å². The maximum absolute atomic E-state index is 12.7. The molecule has 0 aliphatic rings. The third-order valence-electron chi connectivity index (χ3n) is 4.51. The summed E-state index contributed by atoms with van der Waals surface area (Å²) in [7, 11) is -0.549. The monoisotopic (exact) mass is 440 g/mol. The van der Waals surface area contributed by atoms with Gasteiger partial charge in [-0.15, -0.1) is 0 Å². The number of benzene rings is 1. The number of aromatic nitrogens is 2. The van der Waals surface area contributed by atoms with E-state index >= 15 is 0 Å². The highest BCUT2D eigenvalue weighted by atomic mass is 79.9. The minimum absolute atomic E-state index is 0.0735. The van der Waals surface area contributed by atoms with Gasteiger partial charge in [0.2, 0.25) is 0 Å². The number of hydrogen-bond donors (Lipinski definition) is 0. The van der Waals surface area contributed by atoms with Gasteiger partial charge in [-0.3, -0.25) is 0 Å². The van der Waals surface area contributed by atoms with Crippen molar-refractivity contribution in [3.05, 3.63) is 58.4 Å². The summed E-state index contributed by atoms with van der Waals surface area (Å²) >= 11 is 3.42. The van der Waals surface area contributed by atoms with Crippen molar-refractivity contribution in [3.8, 4) is 0 Å². The molecule has 0 amide bonds. The Morgan fingerprint density at radius 1 is 1.23 bits per heavy atom. The van der Waals surface area contributed by atoms with Gasteiger partial charge in [0, 0.05) is 31.2 Å². The second-order valence-corrected chi connectivity index (χ2v) is 10.3. The predicted molar refractivity (Wildman–Crippen MR) is 109 cm³/mol. The molecule has 0 unspecified atom stereocenters. The van der Waals surface area contributed by atoms with Crippen molar-refractivity contribution in [2.24, 2.45) is 5.41 Å². The van der Waals surface area contributed by atoms with Gasteiger partial charge in [-0.05, 0) is 36.0 Å². The van der Waals surface area contributed by atoms with E-state index in [-0.39, 0.29) is 5.41 Å². The molecule has 2 rings (SSSR count). The molecule has 143 valence electrons. The average Bonchev–Trinajstić information content (AvgIpc) is 2.97. The molecule has 2 aromatic rings. The molecular formula is C19H27BrN3O2S. The smallest absolute Gasteiger partial charge is 0.237 e. The molecule has 7 heteroatoms. The zero-order valence-electron chi connectivity index (χ0n) is 16.0. The summed E-state index contributed by atoms with van der Waals surface area (Å²) in [6, 6.07) is 7.97. The lowest BCUT2D eigenvalue weighted by molar-refractivity contribution is 0.346. The quantitative estimate of drug-likeness (QED) is 0.621. The second kappa shape index (κ2) is 8.23. The van der Waals surface area contributed by atoms with Crippen molar-refractivity contribution >= 4 is 26.1 Å². The zero-order chi connectivity index (χ0) is 19.5. The normalized spacial score (nSPS) is 12.7. The van der Waals surface area contributed by atoms with Crippen LogP contribution < -0.4 is 0 Å². The van der Waals surface area contributed by atoms with Crippen molar-refractivity contribution in [2.45, 2.75) is 40.0 Å². The first-order chi connectivity index (χ1) is 12.0. The molecule has 0 N–H and O–H groups in total. The van der Waals surface area contributed by atoms with Crippen molar-refractivity contribution in [1.82, 2.24) is 13.3 Å². The van der Waals surface area contributed by atoms with Crippen LogP contribution in [0.5, 0.6) is 0 Å². The van der Waals surface area contributed by atoms with E-state index in [1.165, 1.54) is 22.4 Å². The number of imidazole rings is 1. The van der Waals surface area contributed by atoms with E-state index in [1.807, 2.05) is 30.7 Å². The highest BCUT2D eigenvalue weighted by molar-refractivity contribution is 9.10. The van der Waals surface area contributed by atoms with Crippen LogP contribution in [0.2, 0.25) is 0 Å². The van der Waals surface area contributed by atoms with Crippen molar-refractivity contribution < 1.29 is 8.42 Å². The van der Waals surface area contributed by atoms with Crippen LogP contribution in [0, 0.1) is 11.8 Å². The lowest BCUT2D eigenvalue weighted by Crippen LogP contribution is -2.29. The molecule has 0 atom stereocenters. The fourth-order valence-corrected chi connectivity index (χ4v) is 3.68. The van der Waals surface area contributed by atoms with Crippen LogP contribution in [-0.4, -0.2) is 35.8 Å². The summed E-state index contributed by atoms with van der Waals surface area (Å²) in [5.41, 5.74) is 1.97. The Kier molecular flexibility index (Phi) is 6.69. The third kappa shape index (κ3) is 5.18. The Labute approximate surface area is 165 Å². The van der Waals surface area contributed by atoms with E-state index < -0.39 is 10.2 Å². The Bertz CT molecular complexity index is 840. The van der Waals surface area contributed by atoms with Gasteiger partial charge >= 0.3 is 10.2 Å². The molecule has 0 saturated heterocycles. The molecule has 1 aromatic carbocycles. The van der Waals surface area contributed by atoms with Crippen molar-refractivity contribution in [3.63, 3.8) is 0 Å². The largest absolute Gasteiger partial charge is 0.308 e. The molecule has 1 heterocycles. The Balaban J connectivity index is 2.32. The van der Waals surface area contributed by atoms with Gasteiger partial charge < -0.3 is 0 Å². The van der Waals surface area contributed by atoms with Gasteiger partial charge in [-0.1, -0.05) is 55.3 Å². The lowest BCUT2D eigenvalue weighted by Gasteiger charge is -2.20. The van der Waals surface area contributed by atoms with Crippen LogP contribution in [-0.2, 0) is 23.1 Å². The third-order valence-corrected chi connectivity index (χ3v) is 6.75. The summed E-state index contributed by atoms with van der Waals surface area (Å²) < 4.78 is 28.9. The summed E-state index contributed by atoms with van der Waals surface area (Å²) in [5, 5.41) is 0. The standard InChI is InChI=1S/C19H27BrN3O2S/c1-6-19(2,3)13-17-14-23(26(24,25)22(4)5)18(21-17)12-9-15-7-10-16(20)11-8-15/h7-8,10-12,14H,6,9,13H2,1-5H3. The molecule has 0 spiro atoms. The summed E-state index contributed by atoms with van der Waals surface area (Å²) in [6.45, 7) is 6.46. The first-order valence-electron chi connectivity index (χ1n) is 8.64. The van der Waals surface area contributed by atoms with Crippen LogP contribution >= 0.6 is 15.9 Å². The van der Waals surface area contributed by atoms with Gasteiger partial charge in [-0.2, -0.15) is 12.7 Å². The van der Waals surface area contributed by atoms with E-state index in [2.05, 4.69) is 41.7 Å². The molecule has 0 saturated carbocycles. The summed E-state index contributed by atoms with van der Waals surface area (Å²) in [6.07, 6.45) is 5.87. The van der Waals surface area contributed by atoms with Crippen LogP contribution in [0.3, 0.4) is 0 Å². The first-order valence-corrected chi connectivity index (χ1v) is 10.8. The van der Waals surface area contributed by atoms with E-state index in [0.29, 0.717) is 12.2 Å². The maximum atomic E-state index is 12.7. The Morgan fingerprint density at radius 3 is 2.38 bits per heavy atom. The Hall–Kier alpha value is -1.18. The molecule has 5 nitrogen and oxygen atoms in total. The van der Waals surface area contributed by atoms with Gasteiger partial charge in [-0.25, -0.2) is 8.96 Å². The Morgan fingerprint density at radius 2 is 1.85 bits per heavy atom. The number of hydrogen-bond acceptors (Lipinski definition) is 3. The zero-order valence-corrected chi connectivity index (χ0v) is 18.4. The van der Waals surface area contributed by atoms with Gasteiger partial charge in [0.25, 0.3) is 0 Å². The fraction of sp³-hybridized carbons (Fsp3) is 0.474. The number of halogens is 1. The number of rotatable bonds is 8. The fourth-order valence-electron chi connectivity index (χ4n) is 2.45. The molecule has 26 heavy (non-hydrogen) atoms. The molecule has 1 radical (unpaired) electrons. The lowest BCUT2D eigenvalue weighted by atomic mass is 9.85. The molecule has 0 bridgehead atoms. The van der Waals surface area contributed by atoms with E-state index in [9.17, 15) is 8.42 Å². The molecular weight excluding hydrogens is 414 g/mol. The molecule has 0 aliphatic heterocycles. The van der Waals surface area contributed by atoms with E-state index in [1.54, 1.807) is 6.20 Å². The molecule has 0 aliphatic carbocycles. The number of nitrogens with zero attached hydrogens (tertiary/aromatic N) is 3.